The zero-order chi connectivity index (χ0) is 14.9. The molecule has 0 amide bonds. The molecular formula is C17H33N3O. The summed E-state index contributed by atoms with van der Waals surface area (Å²) in [5.41, 5.74) is 6.54. The fraction of sp³-hybridized carbons (Fsp3) is 1.00. The van der Waals surface area contributed by atoms with Gasteiger partial charge in [-0.15, -0.1) is 0 Å². The Balaban J connectivity index is 1.67. The first-order valence-corrected chi connectivity index (χ1v) is 8.95. The van der Waals surface area contributed by atoms with Gasteiger partial charge in [-0.1, -0.05) is 13.8 Å². The number of piperidine rings is 1. The minimum absolute atomic E-state index is 0.241. The summed E-state index contributed by atoms with van der Waals surface area (Å²) in [6.07, 6.45) is 6.84. The Bertz CT molecular complexity index is 339. The Morgan fingerprint density at radius 1 is 1.19 bits per heavy atom. The van der Waals surface area contributed by atoms with Crippen molar-refractivity contribution in [1.82, 2.24) is 9.80 Å². The molecule has 0 aromatic carbocycles. The van der Waals surface area contributed by atoms with Crippen LogP contribution in [0, 0.1) is 5.92 Å². The summed E-state index contributed by atoms with van der Waals surface area (Å²) in [5.74, 6) is 0.762. The topological polar surface area (TPSA) is 41.7 Å². The number of morpholine rings is 1. The molecule has 1 aliphatic carbocycles. The number of hydrogen-bond donors (Lipinski definition) is 1. The minimum atomic E-state index is 0.241. The van der Waals surface area contributed by atoms with Crippen LogP contribution in [0.15, 0.2) is 0 Å². The van der Waals surface area contributed by atoms with Crippen molar-refractivity contribution in [2.24, 2.45) is 11.7 Å². The Labute approximate surface area is 130 Å². The van der Waals surface area contributed by atoms with E-state index in [1.165, 1.54) is 51.7 Å². The van der Waals surface area contributed by atoms with Gasteiger partial charge in [0.15, 0.2) is 0 Å². The molecule has 2 unspecified atom stereocenters. The van der Waals surface area contributed by atoms with Gasteiger partial charge < -0.3 is 15.4 Å². The highest BCUT2D eigenvalue weighted by atomic mass is 16.5. The Hall–Kier alpha value is -0.160. The molecule has 1 saturated carbocycles. The van der Waals surface area contributed by atoms with E-state index >= 15 is 0 Å². The molecule has 0 radical (unpaired) electrons. The number of hydrogen-bond acceptors (Lipinski definition) is 4. The zero-order valence-electron chi connectivity index (χ0n) is 13.9. The molecule has 4 heteroatoms. The molecule has 2 saturated heterocycles. The monoisotopic (exact) mass is 295 g/mol. The molecule has 122 valence electrons. The molecule has 0 bridgehead atoms. The fourth-order valence-corrected chi connectivity index (χ4v) is 4.79. The Morgan fingerprint density at radius 2 is 1.95 bits per heavy atom. The molecule has 2 aliphatic heterocycles. The zero-order valence-corrected chi connectivity index (χ0v) is 13.9. The van der Waals surface area contributed by atoms with Crippen molar-refractivity contribution in [3.05, 3.63) is 0 Å². The van der Waals surface area contributed by atoms with Gasteiger partial charge in [0.2, 0.25) is 0 Å². The molecule has 3 fully saturated rings. The van der Waals surface area contributed by atoms with Crippen LogP contribution in [0.3, 0.4) is 0 Å². The first-order valence-electron chi connectivity index (χ1n) is 8.95. The summed E-state index contributed by atoms with van der Waals surface area (Å²) in [7, 11) is 0. The van der Waals surface area contributed by atoms with Crippen molar-refractivity contribution in [2.75, 3.05) is 39.3 Å². The molecule has 0 spiro atoms. The van der Waals surface area contributed by atoms with Crippen molar-refractivity contribution < 1.29 is 4.74 Å². The van der Waals surface area contributed by atoms with Crippen LogP contribution in [0.2, 0.25) is 0 Å². The minimum Gasteiger partial charge on any atom is -0.375 e. The largest absolute Gasteiger partial charge is 0.375 e. The molecular weight excluding hydrogens is 262 g/mol. The van der Waals surface area contributed by atoms with Crippen LogP contribution >= 0.6 is 0 Å². The Kier molecular flexibility index (Phi) is 4.89. The number of rotatable bonds is 4. The van der Waals surface area contributed by atoms with Crippen LogP contribution in [-0.2, 0) is 4.74 Å². The van der Waals surface area contributed by atoms with Crippen molar-refractivity contribution in [3.8, 4) is 0 Å². The third-order valence-electron chi connectivity index (χ3n) is 5.88. The first-order chi connectivity index (χ1) is 10.1. The predicted octanol–water partition coefficient (Wildman–Crippen LogP) is 1.69. The lowest BCUT2D eigenvalue weighted by molar-refractivity contribution is -0.111. The van der Waals surface area contributed by atoms with E-state index < -0.39 is 0 Å². The number of likely N-dealkylation sites (tertiary alicyclic amines) is 1. The van der Waals surface area contributed by atoms with Gasteiger partial charge in [-0.25, -0.2) is 0 Å². The summed E-state index contributed by atoms with van der Waals surface area (Å²) in [4.78, 5) is 5.39. The lowest BCUT2D eigenvalue weighted by Crippen LogP contribution is -2.66. The van der Waals surface area contributed by atoms with Crippen LogP contribution in [0.1, 0.15) is 46.0 Å². The number of ether oxygens (including phenoxy) is 1. The van der Waals surface area contributed by atoms with Gasteiger partial charge in [-0.3, -0.25) is 4.90 Å². The van der Waals surface area contributed by atoms with Gasteiger partial charge in [0, 0.05) is 31.2 Å². The van der Waals surface area contributed by atoms with Crippen molar-refractivity contribution in [1.29, 1.82) is 0 Å². The maximum Gasteiger partial charge on any atom is 0.0731 e. The van der Waals surface area contributed by atoms with E-state index in [1.54, 1.807) is 0 Å². The van der Waals surface area contributed by atoms with Gasteiger partial charge >= 0.3 is 0 Å². The second-order valence-corrected chi connectivity index (χ2v) is 7.72. The van der Waals surface area contributed by atoms with Crippen LogP contribution < -0.4 is 5.73 Å². The van der Waals surface area contributed by atoms with Gasteiger partial charge in [-0.2, -0.15) is 0 Å². The molecule has 0 aromatic rings. The van der Waals surface area contributed by atoms with Gasteiger partial charge in [0.25, 0.3) is 0 Å². The van der Waals surface area contributed by atoms with E-state index in [1.807, 2.05) is 0 Å². The maximum absolute atomic E-state index is 6.30. The summed E-state index contributed by atoms with van der Waals surface area (Å²) in [5, 5.41) is 0. The molecule has 3 rings (SSSR count). The normalized spacial score (nSPS) is 34.3. The molecule has 2 N–H and O–H groups in total. The average molecular weight is 295 g/mol. The van der Waals surface area contributed by atoms with Crippen LogP contribution in [-0.4, -0.2) is 66.8 Å². The summed E-state index contributed by atoms with van der Waals surface area (Å²) < 4.78 is 5.99. The third kappa shape index (κ3) is 3.14. The highest BCUT2D eigenvalue weighted by Crippen LogP contribution is 2.38. The van der Waals surface area contributed by atoms with E-state index in [0.717, 1.165) is 25.6 Å². The molecule has 2 heterocycles. The smallest absolute Gasteiger partial charge is 0.0731 e. The number of nitrogens with zero attached hydrogens (tertiary/aromatic N) is 2. The Morgan fingerprint density at radius 3 is 2.62 bits per heavy atom. The lowest BCUT2D eigenvalue weighted by Gasteiger charge is -2.53. The van der Waals surface area contributed by atoms with E-state index in [2.05, 4.69) is 23.6 Å². The van der Waals surface area contributed by atoms with Crippen LogP contribution in [0.5, 0.6) is 0 Å². The molecule has 0 aromatic heterocycles. The lowest BCUT2D eigenvalue weighted by atomic mass is 9.83. The van der Waals surface area contributed by atoms with E-state index in [4.69, 9.17) is 10.5 Å². The number of nitrogens with two attached hydrogens (primary N) is 1. The van der Waals surface area contributed by atoms with Crippen LogP contribution in [0.25, 0.3) is 0 Å². The SMILES string of the molecule is CC(C)CN1CCC(CN)(N2CCOC3CCCC32)CC1. The van der Waals surface area contributed by atoms with Crippen molar-refractivity contribution in [3.63, 3.8) is 0 Å². The van der Waals surface area contributed by atoms with E-state index in [9.17, 15) is 0 Å². The molecule has 4 nitrogen and oxygen atoms in total. The van der Waals surface area contributed by atoms with Gasteiger partial charge in [-0.05, 0) is 51.1 Å². The third-order valence-corrected chi connectivity index (χ3v) is 5.88. The van der Waals surface area contributed by atoms with Crippen LogP contribution in [0.4, 0.5) is 0 Å². The second kappa shape index (κ2) is 6.53. The maximum atomic E-state index is 6.30. The highest BCUT2D eigenvalue weighted by Gasteiger charge is 2.47. The second-order valence-electron chi connectivity index (χ2n) is 7.72. The summed E-state index contributed by atoms with van der Waals surface area (Å²) >= 11 is 0. The summed E-state index contributed by atoms with van der Waals surface area (Å²) in [6.45, 7) is 11.1. The van der Waals surface area contributed by atoms with Gasteiger partial charge in [0.1, 0.15) is 0 Å². The highest BCUT2D eigenvalue weighted by molar-refractivity contribution is 5.03. The van der Waals surface area contributed by atoms with Crippen molar-refractivity contribution >= 4 is 0 Å². The summed E-state index contributed by atoms with van der Waals surface area (Å²) in [6, 6.07) is 0.638. The standard InChI is InChI=1S/C17H33N3O/c1-14(2)12-19-8-6-17(13-18,7-9-19)20-10-11-21-16-5-3-4-15(16)20/h14-16H,3-13,18H2,1-2H3. The predicted molar refractivity (Wildman–Crippen MR) is 86.4 cm³/mol. The van der Waals surface area contributed by atoms with E-state index in [0.29, 0.717) is 12.1 Å². The molecule has 3 aliphatic rings. The van der Waals surface area contributed by atoms with Gasteiger partial charge in [0.05, 0.1) is 12.7 Å². The molecule has 21 heavy (non-hydrogen) atoms. The quantitative estimate of drug-likeness (QED) is 0.857. The fourth-order valence-electron chi connectivity index (χ4n) is 4.79. The number of fused-ring (bicyclic) bond motifs is 1. The van der Waals surface area contributed by atoms with Crippen molar-refractivity contribution in [2.45, 2.75) is 63.6 Å². The van der Waals surface area contributed by atoms with E-state index in [-0.39, 0.29) is 5.54 Å². The average Bonchev–Trinajstić information content (AvgIpc) is 2.96. The molecule has 2 atom stereocenters. The first kappa shape index (κ1) is 15.7.